The Morgan fingerprint density at radius 1 is 0.909 bits per heavy atom. The van der Waals surface area contributed by atoms with Gasteiger partial charge in [-0.25, -0.2) is 28.6 Å². The van der Waals surface area contributed by atoms with E-state index in [0.717, 1.165) is 54.2 Å². The van der Waals surface area contributed by atoms with E-state index in [9.17, 15) is 57.9 Å². The minimum Gasteiger partial charge on any atom is -0.386 e. The number of anilines is 1. The Kier molecular flexibility index (Phi) is 24.3. The topological polar surface area (TPSA) is 364 Å². The molecule has 3 heterocycles. The van der Waals surface area contributed by atoms with Crippen LogP contribution in [0.2, 0.25) is 0 Å². The molecule has 1 fully saturated rings. The highest BCUT2D eigenvalue weighted by atomic mass is 32.2. The van der Waals surface area contributed by atoms with E-state index in [1.54, 1.807) is 0 Å². The number of nitrogens with zero attached hydrogens (tertiary/aromatic N) is 4. The number of aliphatic hydroxyl groups excluding tert-OH is 2. The van der Waals surface area contributed by atoms with Crippen molar-refractivity contribution in [3.8, 4) is 0 Å². The minimum absolute atomic E-state index is 0.0336. The predicted octanol–water partition coefficient (Wildman–Crippen LogP) is 4.39. The molecular formula is C38H68N7O17P3S. The molecule has 2 aromatic heterocycles. The molecule has 3 rings (SSSR count). The van der Waals surface area contributed by atoms with Crippen molar-refractivity contribution in [2.45, 2.75) is 148 Å². The first kappa shape index (κ1) is 57.9. The largest absolute Gasteiger partial charge is 0.481 e. The minimum atomic E-state index is -5.57. The summed E-state index contributed by atoms with van der Waals surface area (Å²) in [7, 11) is -16.4. The number of rotatable bonds is 33. The van der Waals surface area contributed by atoms with E-state index >= 15 is 0 Å². The molecule has 10 N–H and O–H groups in total. The van der Waals surface area contributed by atoms with Crippen molar-refractivity contribution in [2.24, 2.45) is 11.3 Å². The van der Waals surface area contributed by atoms with Crippen molar-refractivity contribution in [2.75, 3.05) is 37.8 Å². The van der Waals surface area contributed by atoms with Crippen molar-refractivity contribution in [3.63, 3.8) is 0 Å². The molecule has 66 heavy (non-hydrogen) atoms. The molecule has 1 saturated heterocycles. The summed E-state index contributed by atoms with van der Waals surface area (Å²) in [6.07, 6.45) is 8.10. The molecule has 24 nitrogen and oxygen atoms in total. The second-order valence-electron chi connectivity index (χ2n) is 16.9. The number of imidazole rings is 1. The van der Waals surface area contributed by atoms with E-state index in [2.05, 4.69) is 48.3 Å². The van der Waals surface area contributed by atoms with Gasteiger partial charge in [0.25, 0.3) is 0 Å². The van der Waals surface area contributed by atoms with Gasteiger partial charge in [0, 0.05) is 37.1 Å². The third kappa shape index (κ3) is 20.7. The molecule has 1 aliphatic rings. The van der Waals surface area contributed by atoms with Gasteiger partial charge in [0.2, 0.25) is 11.8 Å². The number of carbonyl (C=O) groups is 3. The van der Waals surface area contributed by atoms with Crippen LogP contribution in [-0.4, -0.2) is 123 Å². The number of phosphoric ester groups is 3. The summed E-state index contributed by atoms with van der Waals surface area (Å²) < 4.78 is 62.4. The van der Waals surface area contributed by atoms with E-state index in [1.165, 1.54) is 71.6 Å². The lowest BCUT2D eigenvalue weighted by Gasteiger charge is -2.30. The third-order valence-corrected chi connectivity index (χ3v) is 14.7. The quantitative estimate of drug-likeness (QED) is 0.0353. The standard InChI is InChI=1S/C38H68N7O17P3S/c1-5-6-7-12-15-26(2)16-13-10-8-9-11-14-17-29(47)66-21-20-40-28(46)18-19-41-36(50)33(49)38(3,4)23-59-65(56,57)62-64(54,55)58-22-27-32(61-63(51,52)53)31(48)37(60-27)45-25-44-30-34(39)42-24-43-35(30)45/h24-27,31-33,37,48-49H,5-23H2,1-4H3,(H,40,46)(H,41,50)(H,54,55)(H,56,57)(H2,39,42,43)(H2,51,52,53). The molecule has 0 radical (unpaired) electrons. The average Bonchev–Trinajstić information content (AvgIpc) is 3.80. The Balaban J connectivity index is 1.32. The average molecular weight is 1020 g/mol. The van der Waals surface area contributed by atoms with Crippen molar-refractivity contribution < 1.29 is 80.5 Å². The van der Waals surface area contributed by atoms with Gasteiger partial charge in [0.05, 0.1) is 19.5 Å². The number of carbonyl (C=O) groups excluding carboxylic acids is 3. The van der Waals surface area contributed by atoms with Crippen LogP contribution in [0.25, 0.3) is 11.2 Å². The fraction of sp³-hybridized carbons (Fsp3) is 0.789. The molecular weight excluding hydrogens is 951 g/mol. The number of phosphoric acid groups is 3. The number of thioether (sulfide) groups is 1. The molecule has 0 spiro atoms. The zero-order valence-corrected chi connectivity index (χ0v) is 41.3. The number of hydrogen-bond acceptors (Lipinski definition) is 18. The second-order valence-corrected chi connectivity index (χ2v) is 22.3. The molecule has 8 unspecified atom stereocenters. The molecule has 0 saturated carbocycles. The Bertz CT molecular complexity index is 2000. The maximum atomic E-state index is 12.7. The number of hydrogen-bond donors (Lipinski definition) is 9. The summed E-state index contributed by atoms with van der Waals surface area (Å²) in [5.74, 6) is -0.230. The van der Waals surface area contributed by atoms with Crippen LogP contribution in [0.1, 0.15) is 124 Å². The number of nitrogens with one attached hydrogen (secondary N) is 2. The zero-order valence-electron chi connectivity index (χ0n) is 37.8. The lowest BCUT2D eigenvalue weighted by Crippen LogP contribution is -2.46. The van der Waals surface area contributed by atoms with Crippen LogP contribution in [0, 0.1) is 11.3 Å². The summed E-state index contributed by atoms with van der Waals surface area (Å²) in [5.41, 5.74) is 4.29. The van der Waals surface area contributed by atoms with Gasteiger partial charge >= 0.3 is 23.5 Å². The van der Waals surface area contributed by atoms with E-state index in [-0.39, 0.29) is 41.6 Å². The van der Waals surface area contributed by atoms with Crippen molar-refractivity contribution in [3.05, 3.63) is 12.7 Å². The van der Waals surface area contributed by atoms with E-state index in [0.29, 0.717) is 12.2 Å². The molecule has 28 heteroatoms. The fourth-order valence-corrected chi connectivity index (χ4v) is 10.4. The molecule has 8 atom stereocenters. The zero-order chi connectivity index (χ0) is 49.1. The molecule has 0 bridgehead atoms. The van der Waals surface area contributed by atoms with Gasteiger partial charge in [-0.05, 0) is 12.3 Å². The SMILES string of the molecule is CCCCCCC(C)CCCCCCCCC(=O)SCCNC(=O)CCNC(=O)C(O)C(C)(C)COP(=O)(O)OP(=O)(O)OCC1OC(n2cnc3c(N)ncnc32)C(O)C1OP(=O)(O)O. The molecule has 378 valence electrons. The van der Waals surface area contributed by atoms with Gasteiger partial charge in [0.15, 0.2) is 22.8 Å². The number of unbranched alkanes of at least 4 members (excludes halogenated alkanes) is 8. The van der Waals surface area contributed by atoms with Gasteiger partial charge in [-0.3, -0.25) is 32.5 Å². The number of aromatic nitrogens is 4. The van der Waals surface area contributed by atoms with Crippen LogP contribution in [-0.2, 0) is 50.7 Å². The number of fused-ring (bicyclic) bond motifs is 1. The summed E-state index contributed by atoms with van der Waals surface area (Å²) in [4.78, 5) is 88.4. The third-order valence-electron chi connectivity index (χ3n) is 10.6. The fourth-order valence-electron chi connectivity index (χ4n) is 6.90. The van der Waals surface area contributed by atoms with Gasteiger partial charge < -0.3 is 50.9 Å². The highest BCUT2D eigenvalue weighted by Gasteiger charge is 2.50. The van der Waals surface area contributed by atoms with Crippen LogP contribution < -0.4 is 16.4 Å². The first-order valence-corrected chi connectivity index (χ1v) is 27.5. The Labute approximate surface area is 388 Å². The van der Waals surface area contributed by atoms with Crippen molar-refractivity contribution >= 4 is 69.1 Å². The highest BCUT2D eigenvalue weighted by molar-refractivity contribution is 8.13. The number of aliphatic hydroxyl groups is 2. The lowest BCUT2D eigenvalue weighted by molar-refractivity contribution is -0.137. The molecule has 2 aromatic rings. The van der Waals surface area contributed by atoms with Crippen molar-refractivity contribution in [1.29, 1.82) is 0 Å². The van der Waals surface area contributed by atoms with Gasteiger partial charge in [-0.15, -0.1) is 0 Å². The second kappa shape index (κ2) is 27.7. The predicted molar refractivity (Wildman–Crippen MR) is 242 cm³/mol. The van der Waals surface area contributed by atoms with Crippen LogP contribution in [0.5, 0.6) is 0 Å². The molecule has 0 aromatic carbocycles. The van der Waals surface area contributed by atoms with E-state index in [1.807, 2.05) is 0 Å². The monoisotopic (exact) mass is 1020 g/mol. The van der Waals surface area contributed by atoms with Crippen LogP contribution in [0.15, 0.2) is 12.7 Å². The number of nitrogens with two attached hydrogens (primary N) is 1. The summed E-state index contributed by atoms with van der Waals surface area (Å²) >= 11 is 1.15. The highest BCUT2D eigenvalue weighted by Crippen LogP contribution is 2.61. The summed E-state index contributed by atoms with van der Waals surface area (Å²) in [6.45, 7) is 5.16. The van der Waals surface area contributed by atoms with Crippen LogP contribution >= 0.6 is 35.2 Å². The van der Waals surface area contributed by atoms with Gasteiger partial charge in [0.1, 0.15) is 36.3 Å². The van der Waals surface area contributed by atoms with E-state index < -0.39 is 84.6 Å². The Hall–Kier alpha value is -2.44. The molecule has 0 aliphatic carbocycles. The number of amides is 2. The van der Waals surface area contributed by atoms with Crippen LogP contribution in [0.3, 0.4) is 0 Å². The Morgan fingerprint density at radius 3 is 2.21 bits per heavy atom. The van der Waals surface area contributed by atoms with Gasteiger partial charge in [-0.2, -0.15) is 4.31 Å². The first-order valence-electron chi connectivity index (χ1n) is 22.0. The number of nitrogen functional groups attached to an aromatic ring is 1. The van der Waals surface area contributed by atoms with Crippen molar-refractivity contribution in [1.82, 2.24) is 30.2 Å². The normalized spacial score (nSPS) is 20.7. The van der Waals surface area contributed by atoms with E-state index in [4.69, 9.17) is 19.5 Å². The lowest BCUT2D eigenvalue weighted by atomic mass is 9.87. The Morgan fingerprint density at radius 2 is 1.55 bits per heavy atom. The maximum absolute atomic E-state index is 12.7. The maximum Gasteiger partial charge on any atom is 0.481 e. The van der Waals surface area contributed by atoms with Gasteiger partial charge in [-0.1, -0.05) is 110 Å². The first-order chi connectivity index (χ1) is 30.9. The molecule has 1 aliphatic heterocycles. The number of ether oxygens (including phenoxy) is 1. The summed E-state index contributed by atoms with van der Waals surface area (Å²) in [6, 6.07) is 0. The summed E-state index contributed by atoms with van der Waals surface area (Å²) in [5, 5.41) is 26.7. The van der Waals surface area contributed by atoms with Crippen LogP contribution in [0.4, 0.5) is 5.82 Å². The smallest absolute Gasteiger partial charge is 0.386 e. The molecule has 2 amide bonds.